The van der Waals surface area contributed by atoms with Crippen LogP contribution in [0.1, 0.15) is 37.2 Å². The van der Waals surface area contributed by atoms with Gasteiger partial charge in [-0.25, -0.2) is 4.98 Å². The van der Waals surface area contributed by atoms with Crippen molar-refractivity contribution in [2.24, 2.45) is 0 Å². The molecule has 19 heavy (non-hydrogen) atoms. The largest absolute Gasteiger partial charge is 0.474 e. The molecule has 2 fully saturated rings. The summed E-state index contributed by atoms with van der Waals surface area (Å²) < 4.78 is 11.6. The van der Waals surface area contributed by atoms with Crippen molar-refractivity contribution in [2.45, 2.75) is 37.7 Å². The molecular weight excluding hydrogens is 240 g/mol. The van der Waals surface area contributed by atoms with Crippen molar-refractivity contribution in [2.75, 3.05) is 26.3 Å². The summed E-state index contributed by atoms with van der Waals surface area (Å²) in [6, 6.07) is 4.18. The SMILES string of the molecule is c1cnc(OC2CCNCC2)c(C2CCOCC2)c1. The summed E-state index contributed by atoms with van der Waals surface area (Å²) >= 11 is 0. The van der Waals surface area contributed by atoms with E-state index in [1.807, 2.05) is 12.3 Å². The zero-order valence-electron chi connectivity index (χ0n) is 11.3. The summed E-state index contributed by atoms with van der Waals surface area (Å²) in [5, 5.41) is 3.36. The predicted octanol–water partition coefficient (Wildman–Crippen LogP) is 2.11. The van der Waals surface area contributed by atoms with Gasteiger partial charge in [0.2, 0.25) is 5.88 Å². The van der Waals surface area contributed by atoms with Gasteiger partial charge in [0.25, 0.3) is 0 Å². The summed E-state index contributed by atoms with van der Waals surface area (Å²) in [6.45, 7) is 3.80. The second kappa shape index (κ2) is 6.35. The molecule has 0 saturated carbocycles. The van der Waals surface area contributed by atoms with Crippen LogP contribution < -0.4 is 10.1 Å². The predicted molar refractivity (Wildman–Crippen MR) is 73.6 cm³/mol. The van der Waals surface area contributed by atoms with Gasteiger partial charge in [0.15, 0.2) is 0 Å². The number of pyridine rings is 1. The maximum atomic E-state index is 6.15. The van der Waals surface area contributed by atoms with Crippen LogP contribution in [0, 0.1) is 0 Å². The van der Waals surface area contributed by atoms with Gasteiger partial charge in [-0.15, -0.1) is 0 Å². The van der Waals surface area contributed by atoms with E-state index in [1.165, 1.54) is 5.56 Å². The van der Waals surface area contributed by atoms with Gasteiger partial charge in [-0.3, -0.25) is 0 Å². The molecule has 0 spiro atoms. The van der Waals surface area contributed by atoms with Gasteiger partial charge >= 0.3 is 0 Å². The molecule has 4 nitrogen and oxygen atoms in total. The Morgan fingerprint density at radius 3 is 2.74 bits per heavy atom. The minimum Gasteiger partial charge on any atom is -0.474 e. The van der Waals surface area contributed by atoms with Crippen LogP contribution in [0.15, 0.2) is 18.3 Å². The molecule has 1 N–H and O–H groups in total. The Balaban J connectivity index is 1.72. The molecule has 3 rings (SSSR count). The lowest BCUT2D eigenvalue weighted by Gasteiger charge is -2.27. The maximum Gasteiger partial charge on any atom is 0.217 e. The molecule has 0 aliphatic carbocycles. The van der Waals surface area contributed by atoms with Crippen molar-refractivity contribution in [1.82, 2.24) is 10.3 Å². The average molecular weight is 262 g/mol. The van der Waals surface area contributed by atoms with E-state index in [2.05, 4.69) is 16.4 Å². The summed E-state index contributed by atoms with van der Waals surface area (Å²) in [5.41, 5.74) is 1.27. The first-order chi connectivity index (χ1) is 9.43. The van der Waals surface area contributed by atoms with Crippen molar-refractivity contribution >= 4 is 0 Å². The number of ether oxygens (including phenoxy) is 2. The minimum absolute atomic E-state index is 0.315. The highest BCUT2D eigenvalue weighted by Gasteiger charge is 2.22. The van der Waals surface area contributed by atoms with E-state index in [4.69, 9.17) is 9.47 Å². The van der Waals surface area contributed by atoms with Crippen molar-refractivity contribution < 1.29 is 9.47 Å². The number of aromatic nitrogens is 1. The molecule has 4 heteroatoms. The molecule has 1 aromatic rings. The lowest BCUT2D eigenvalue weighted by atomic mass is 9.92. The van der Waals surface area contributed by atoms with Crippen molar-refractivity contribution in [3.05, 3.63) is 23.9 Å². The van der Waals surface area contributed by atoms with Gasteiger partial charge in [-0.05, 0) is 50.8 Å². The van der Waals surface area contributed by atoms with Crippen LogP contribution in [0.5, 0.6) is 5.88 Å². The molecule has 0 atom stereocenters. The van der Waals surface area contributed by atoms with E-state index >= 15 is 0 Å². The Labute approximate surface area is 114 Å². The number of hydrogen-bond donors (Lipinski definition) is 1. The number of rotatable bonds is 3. The number of hydrogen-bond acceptors (Lipinski definition) is 4. The van der Waals surface area contributed by atoms with Crippen LogP contribution in [0.25, 0.3) is 0 Å². The Kier molecular flexibility index (Phi) is 4.30. The zero-order chi connectivity index (χ0) is 12.9. The molecule has 0 aromatic carbocycles. The number of nitrogens with zero attached hydrogens (tertiary/aromatic N) is 1. The van der Waals surface area contributed by atoms with E-state index < -0.39 is 0 Å². The fraction of sp³-hybridized carbons (Fsp3) is 0.667. The van der Waals surface area contributed by atoms with Crippen LogP contribution in [-0.2, 0) is 4.74 Å². The Morgan fingerprint density at radius 2 is 1.95 bits per heavy atom. The molecular formula is C15H22N2O2. The molecule has 104 valence electrons. The first-order valence-corrected chi connectivity index (χ1v) is 7.33. The van der Waals surface area contributed by atoms with Crippen molar-refractivity contribution in [3.63, 3.8) is 0 Å². The Bertz CT molecular complexity index is 399. The Morgan fingerprint density at radius 1 is 1.16 bits per heavy atom. The normalized spacial score (nSPS) is 22.3. The molecule has 2 saturated heterocycles. The topological polar surface area (TPSA) is 43.4 Å². The highest BCUT2D eigenvalue weighted by Crippen LogP contribution is 2.33. The molecule has 1 aromatic heterocycles. The second-order valence-electron chi connectivity index (χ2n) is 5.35. The third-order valence-corrected chi connectivity index (χ3v) is 4.03. The summed E-state index contributed by atoms with van der Waals surface area (Å²) in [4.78, 5) is 4.46. The van der Waals surface area contributed by atoms with Gasteiger partial charge in [-0.2, -0.15) is 0 Å². The molecule has 2 aliphatic heterocycles. The lowest BCUT2D eigenvalue weighted by molar-refractivity contribution is 0.0832. The summed E-state index contributed by atoms with van der Waals surface area (Å²) in [5.74, 6) is 1.39. The van der Waals surface area contributed by atoms with Gasteiger partial charge in [0, 0.05) is 25.0 Å². The third-order valence-electron chi connectivity index (χ3n) is 4.03. The van der Waals surface area contributed by atoms with E-state index in [0.29, 0.717) is 12.0 Å². The summed E-state index contributed by atoms with van der Waals surface area (Å²) in [6.07, 6.45) is 6.45. The molecule has 3 heterocycles. The smallest absolute Gasteiger partial charge is 0.217 e. The van der Waals surface area contributed by atoms with E-state index in [1.54, 1.807) is 0 Å². The van der Waals surface area contributed by atoms with Crippen LogP contribution >= 0.6 is 0 Å². The second-order valence-corrected chi connectivity index (χ2v) is 5.35. The Hall–Kier alpha value is -1.13. The fourth-order valence-electron chi connectivity index (χ4n) is 2.89. The third kappa shape index (κ3) is 3.25. The number of nitrogens with one attached hydrogen (secondary N) is 1. The highest BCUT2D eigenvalue weighted by molar-refractivity contribution is 5.30. The average Bonchev–Trinajstić information content (AvgIpc) is 2.50. The van der Waals surface area contributed by atoms with E-state index in [0.717, 1.165) is 57.9 Å². The highest BCUT2D eigenvalue weighted by atomic mass is 16.5. The van der Waals surface area contributed by atoms with E-state index in [9.17, 15) is 0 Å². The molecule has 0 unspecified atom stereocenters. The van der Waals surface area contributed by atoms with Crippen LogP contribution in [-0.4, -0.2) is 37.4 Å². The first kappa shape index (κ1) is 12.9. The molecule has 2 aliphatic rings. The van der Waals surface area contributed by atoms with Crippen LogP contribution in [0.4, 0.5) is 0 Å². The molecule has 0 bridgehead atoms. The molecule has 0 amide bonds. The standard InChI is InChI=1S/C15H22N2O2/c1-2-14(12-5-10-18-11-6-12)15(17-7-1)19-13-3-8-16-9-4-13/h1-2,7,12-13,16H,3-6,8-11H2. The number of piperidine rings is 1. The van der Waals surface area contributed by atoms with Crippen molar-refractivity contribution in [1.29, 1.82) is 0 Å². The van der Waals surface area contributed by atoms with Crippen LogP contribution in [0.3, 0.4) is 0 Å². The van der Waals surface area contributed by atoms with Gasteiger partial charge < -0.3 is 14.8 Å². The first-order valence-electron chi connectivity index (χ1n) is 7.33. The van der Waals surface area contributed by atoms with Gasteiger partial charge in [-0.1, -0.05) is 6.07 Å². The minimum atomic E-state index is 0.315. The maximum absolute atomic E-state index is 6.15. The van der Waals surface area contributed by atoms with Crippen LogP contribution in [0.2, 0.25) is 0 Å². The fourth-order valence-corrected chi connectivity index (χ4v) is 2.89. The quantitative estimate of drug-likeness (QED) is 0.906. The zero-order valence-corrected chi connectivity index (χ0v) is 11.3. The van der Waals surface area contributed by atoms with Gasteiger partial charge in [0.05, 0.1) is 0 Å². The lowest BCUT2D eigenvalue weighted by Crippen LogP contribution is -2.34. The molecule has 0 radical (unpaired) electrons. The summed E-state index contributed by atoms with van der Waals surface area (Å²) in [7, 11) is 0. The van der Waals surface area contributed by atoms with Gasteiger partial charge in [0.1, 0.15) is 6.10 Å². The van der Waals surface area contributed by atoms with Crippen molar-refractivity contribution in [3.8, 4) is 5.88 Å². The monoisotopic (exact) mass is 262 g/mol. The van der Waals surface area contributed by atoms with E-state index in [-0.39, 0.29) is 0 Å².